The predicted octanol–water partition coefficient (Wildman–Crippen LogP) is 2.14. The van der Waals surface area contributed by atoms with E-state index in [2.05, 4.69) is 0 Å². The third-order valence-corrected chi connectivity index (χ3v) is 0. The van der Waals surface area contributed by atoms with Crippen LogP contribution in [0, 0.1) is 0 Å². The Labute approximate surface area is 73.4 Å². The third-order valence-electron chi connectivity index (χ3n) is 0. The molecule has 0 aromatic heterocycles. The van der Waals surface area contributed by atoms with Gasteiger partial charge in [0.1, 0.15) is 0 Å². The van der Waals surface area contributed by atoms with E-state index in [-0.39, 0.29) is 37.7 Å². The molecule has 0 saturated heterocycles. The van der Waals surface area contributed by atoms with Crippen LogP contribution in [0.3, 0.4) is 0 Å². The van der Waals surface area contributed by atoms with Crippen molar-refractivity contribution in [3.8, 4) is 0 Å². The number of hydrogen-bond donors (Lipinski definition) is 0. The SMILES string of the molecule is [Ca+2].[F][Zr-2]([F])([F])([F])([F])[F]. The second kappa shape index (κ2) is 1.86. The number of rotatable bonds is 0. The van der Waals surface area contributed by atoms with Crippen molar-refractivity contribution in [2.75, 3.05) is 0 Å². The van der Waals surface area contributed by atoms with Crippen molar-refractivity contribution in [1.29, 1.82) is 0 Å². The average Bonchev–Trinajstić information content (AvgIpc) is 0.592. The Kier molecular flexibility index (Phi) is 2.88. The third kappa shape index (κ3) is 118. The van der Waals surface area contributed by atoms with E-state index in [1.54, 1.807) is 0 Å². The van der Waals surface area contributed by atoms with E-state index in [0.29, 0.717) is 0 Å². The minimum atomic E-state index is -11.3. The summed E-state index contributed by atoms with van der Waals surface area (Å²) in [5.41, 5.74) is 0. The first-order chi connectivity index (χ1) is 2.45. The Morgan fingerprint density at radius 3 is 0.625 bits per heavy atom. The predicted molar refractivity (Wildman–Crippen MR) is 12.4 cm³/mol. The van der Waals surface area contributed by atoms with Crippen molar-refractivity contribution < 1.29 is 36.7 Å². The van der Waals surface area contributed by atoms with Gasteiger partial charge in [0.25, 0.3) is 0 Å². The van der Waals surface area contributed by atoms with Gasteiger partial charge in [-0.3, -0.25) is 0 Å². The molecule has 0 aliphatic rings. The molecule has 8 heavy (non-hydrogen) atoms. The molecule has 0 spiro atoms. The van der Waals surface area contributed by atoms with Gasteiger partial charge in [0.15, 0.2) is 0 Å². The summed E-state index contributed by atoms with van der Waals surface area (Å²) < 4.78 is 59.6. The zero-order chi connectivity index (χ0) is 6.41. The Balaban J connectivity index is 0. The van der Waals surface area contributed by atoms with Gasteiger partial charge in [-0.2, -0.15) is 0 Å². The van der Waals surface area contributed by atoms with E-state index in [1.165, 1.54) is 0 Å². The van der Waals surface area contributed by atoms with Crippen molar-refractivity contribution in [3.05, 3.63) is 0 Å². The zero-order valence-electron chi connectivity index (χ0n) is 3.47. The van der Waals surface area contributed by atoms with Gasteiger partial charge in [-0.15, -0.1) is 0 Å². The van der Waals surface area contributed by atoms with Gasteiger partial charge < -0.3 is 0 Å². The van der Waals surface area contributed by atoms with Crippen LogP contribution in [0.1, 0.15) is 0 Å². The van der Waals surface area contributed by atoms with Crippen LogP contribution < -0.4 is 0 Å². The first kappa shape index (κ1) is 12.4. The summed E-state index contributed by atoms with van der Waals surface area (Å²) in [7, 11) is 0. The minimum absolute atomic E-state index is 0. The molecule has 0 radical (unpaired) electrons. The summed E-state index contributed by atoms with van der Waals surface area (Å²) in [6, 6.07) is 0. The van der Waals surface area contributed by atoms with E-state index < -0.39 is 21.0 Å². The molecule has 0 N–H and O–H groups in total. The molecule has 0 atom stereocenters. The summed E-state index contributed by atoms with van der Waals surface area (Å²) in [5, 5.41) is 0. The van der Waals surface area contributed by atoms with Crippen LogP contribution in [0.15, 0.2) is 0 Å². The molecule has 0 saturated carbocycles. The van der Waals surface area contributed by atoms with Gasteiger partial charge in [0, 0.05) is 0 Å². The van der Waals surface area contributed by atoms with Crippen molar-refractivity contribution in [2.45, 2.75) is 0 Å². The van der Waals surface area contributed by atoms with Gasteiger partial charge in [-0.25, -0.2) is 0 Å². The Hall–Kier alpha value is 1.72. The topological polar surface area (TPSA) is 0 Å². The summed E-state index contributed by atoms with van der Waals surface area (Å²) in [4.78, 5) is 0. The van der Waals surface area contributed by atoms with E-state index in [1.807, 2.05) is 0 Å². The van der Waals surface area contributed by atoms with Crippen LogP contribution in [0.2, 0.25) is 0 Å². The zero-order valence-corrected chi connectivity index (χ0v) is 8.14. The summed E-state index contributed by atoms with van der Waals surface area (Å²) in [6.45, 7) is 0. The molecule has 0 rings (SSSR count). The molecule has 0 aliphatic heterocycles. The normalized spacial score (nSPS) is 20.2. The van der Waals surface area contributed by atoms with Gasteiger partial charge >= 0.3 is 74.4 Å². The van der Waals surface area contributed by atoms with Crippen LogP contribution in [-0.2, 0) is 21.0 Å². The number of halogens is 6. The molecular weight excluding hydrogens is 245 g/mol. The summed E-state index contributed by atoms with van der Waals surface area (Å²) in [5.74, 6) is 0. The van der Waals surface area contributed by atoms with Crippen LogP contribution in [0.4, 0.5) is 15.8 Å². The molecule has 0 unspecified atom stereocenters. The van der Waals surface area contributed by atoms with Crippen LogP contribution in [0.25, 0.3) is 0 Å². The first-order valence-electron chi connectivity index (χ1n) is 1.13. The van der Waals surface area contributed by atoms with Gasteiger partial charge in [0.2, 0.25) is 0 Å². The number of hydrogen-bond acceptors (Lipinski definition) is 0. The summed E-state index contributed by atoms with van der Waals surface area (Å²) >= 11 is -11.3. The molecule has 0 aromatic carbocycles. The molecule has 0 fully saturated rings. The molecule has 0 bridgehead atoms. The van der Waals surface area contributed by atoms with Crippen LogP contribution in [-0.4, -0.2) is 37.7 Å². The average molecular weight is 245 g/mol. The molecule has 0 nitrogen and oxygen atoms in total. The van der Waals surface area contributed by atoms with E-state index >= 15 is 0 Å². The van der Waals surface area contributed by atoms with Gasteiger partial charge in [-0.1, -0.05) is 0 Å². The van der Waals surface area contributed by atoms with Crippen LogP contribution in [0.5, 0.6) is 0 Å². The van der Waals surface area contributed by atoms with Crippen molar-refractivity contribution in [1.82, 2.24) is 0 Å². The maximum atomic E-state index is 9.93. The van der Waals surface area contributed by atoms with E-state index in [9.17, 15) is 15.8 Å². The second-order valence-corrected chi connectivity index (χ2v) is 6.34. The molecule has 0 amide bonds. The van der Waals surface area contributed by atoms with Crippen molar-refractivity contribution >= 4 is 37.7 Å². The Morgan fingerprint density at radius 2 is 0.625 bits per heavy atom. The molecule has 0 heterocycles. The maximum absolute atomic E-state index is 11.3. The molecule has 48 valence electrons. The van der Waals surface area contributed by atoms with Crippen molar-refractivity contribution in [2.24, 2.45) is 0 Å². The Bertz CT molecular complexity index is 67.1. The molecular formula is CaF6Zr. The van der Waals surface area contributed by atoms with Gasteiger partial charge in [-0.05, 0) is 0 Å². The molecule has 0 aliphatic carbocycles. The first-order valence-corrected chi connectivity index (χ1v) is 6.71. The fraction of sp³-hybridized carbons (Fsp3) is 0. The van der Waals surface area contributed by atoms with E-state index in [0.717, 1.165) is 0 Å². The van der Waals surface area contributed by atoms with Gasteiger partial charge in [0.05, 0.1) is 0 Å². The molecule has 8 heteroatoms. The standard InChI is InChI=1S/Ca.6FH.Zr/h;6*1H;/q+2;;;;;;;+4/p-6. The van der Waals surface area contributed by atoms with E-state index in [4.69, 9.17) is 0 Å². The quantitative estimate of drug-likeness (QED) is 0.453. The summed E-state index contributed by atoms with van der Waals surface area (Å²) in [6.07, 6.45) is 0. The second-order valence-electron chi connectivity index (χ2n) is 1.07. The fourth-order valence-electron chi connectivity index (χ4n) is 0. The fourth-order valence-corrected chi connectivity index (χ4v) is 0. The molecule has 0 aromatic rings. The Morgan fingerprint density at radius 1 is 0.625 bits per heavy atom. The van der Waals surface area contributed by atoms with Crippen LogP contribution >= 0.6 is 0 Å². The monoisotopic (exact) mass is 244 g/mol. The van der Waals surface area contributed by atoms with Crippen molar-refractivity contribution in [3.63, 3.8) is 0 Å².